The molecule has 152 valence electrons. The zero-order valence-electron chi connectivity index (χ0n) is 14.9. The Labute approximate surface area is 166 Å². The van der Waals surface area contributed by atoms with E-state index < -0.39 is 17.4 Å². The number of nitrogens with one attached hydrogen (secondary N) is 1. The predicted octanol–water partition coefficient (Wildman–Crippen LogP) is 3.45. The van der Waals surface area contributed by atoms with Crippen LogP contribution in [0.5, 0.6) is 0 Å². The van der Waals surface area contributed by atoms with E-state index in [-0.39, 0.29) is 28.0 Å². The fourth-order valence-corrected chi connectivity index (χ4v) is 4.77. The molecule has 0 saturated carbocycles. The lowest BCUT2D eigenvalue weighted by Gasteiger charge is -2.38. The maximum absolute atomic E-state index is 13.1. The number of piperidine rings is 1. The van der Waals surface area contributed by atoms with Gasteiger partial charge in [-0.05, 0) is 31.4 Å². The molecule has 0 aliphatic carbocycles. The van der Waals surface area contributed by atoms with E-state index >= 15 is 0 Å². The highest BCUT2D eigenvalue weighted by Crippen LogP contribution is 2.37. The lowest BCUT2D eigenvalue weighted by molar-refractivity contribution is -0.150. The van der Waals surface area contributed by atoms with Gasteiger partial charge in [-0.15, -0.1) is 0 Å². The second-order valence-corrected chi connectivity index (χ2v) is 8.14. The Morgan fingerprint density at radius 3 is 2.46 bits per heavy atom. The number of fused-ring (bicyclic) bond motifs is 1. The average Bonchev–Trinajstić information content (AvgIpc) is 2.95. The number of hydrogen-bond acceptors (Lipinski definition) is 4. The molecule has 4 rings (SSSR count). The van der Waals surface area contributed by atoms with Crippen molar-refractivity contribution in [3.8, 4) is 0 Å². The first-order valence-corrected chi connectivity index (χ1v) is 9.94. The van der Waals surface area contributed by atoms with Crippen molar-refractivity contribution in [2.45, 2.75) is 43.9 Å². The van der Waals surface area contributed by atoms with Gasteiger partial charge < -0.3 is 9.72 Å². The highest BCUT2D eigenvalue weighted by Gasteiger charge is 2.35. The van der Waals surface area contributed by atoms with Gasteiger partial charge in [-0.3, -0.25) is 14.3 Å². The van der Waals surface area contributed by atoms with Gasteiger partial charge in [-0.1, -0.05) is 15.9 Å². The first kappa shape index (κ1) is 19.5. The summed E-state index contributed by atoms with van der Waals surface area (Å²) in [6, 6.07) is 2.39. The van der Waals surface area contributed by atoms with Crippen molar-refractivity contribution in [2.75, 3.05) is 19.7 Å². The number of aromatic nitrogens is 2. The molecular weight excluding hydrogens is 443 g/mol. The number of benzene rings is 1. The lowest BCUT2D eigenvalue weighted by atomic mass is 9.99. The van der Waals surface area contributed by atoms with Gasteiger partial charge in [0, 0.05) is 29.6 Å². The molecule has 2 aliphatic heterocycles. The molecule has 0 spiro atoms. The van der Waals surface area contributed by atoms with E-state index in [2.05, 4.69) is 25.8 Å². The number of esters is 1. The largest absolute Gasteiger partial charge is 0.466 e. The summed E-state index contributed by atoms with van der Waals surface area (Å²) in [5, 5.41) is 0. The van der Waals surface area contributed by atoms with Gasteiger partial charge in [-0.2, -0.15) is 13.2 Å². The third kappa shape index (κ3) is 3.59. The monoisotopic (exact) mass is 461 g/mol. The highest BCUT2D eigenvalue weighted by atomic mass is 79.9. The van der Waals surface area contributed by atoms with Crippen molar-refractivity contribution in [3.63, 3.8) is 0 Å². The smallest absolute Gasteiger partial charge is 0.417 e. The maximum atomic E-state index is 13.1. The fourth-order valence-electron chi connectivity index (χ4n) is 4.21. The van der Waals surface area contributed by atoms with Gasteiger partial charge in [0.25, 0.3) is 0 Å². The Balaban J connectivity index is 1.57. The van der Waals surface area contributed by atoms with Crippen LogP contribution in [0.2, 0.25) is 0 Å². The molecule has 6 nitrogen and oxygen atoms in total. The normalized spacial score (nSPS) is 22.6. The molecule has 0 amide bonds. The summed E-state index contributed by atoms with van der Waals surface area (Å²) in [5.74, 6) is -0.184. The number of hydrogen-bond donors (Lipinski definition) is 1. The van der Waals surface area contributed by atoms with Gasteiger partial charge in [0.1, 0.15) is 0 Å². The number of halogens is 4. The number of H-pyrrole nitrogens is 1. The molecule has 0 bridgehead atoms. The number of aromatic amines is 1. The minimum absolute atomic E-state index is 0.0848. The molecule has 1 unspecified atom stereocenters. The van der Waals surface area contributed by atoms with Crippen molar-refractivity contribution in [1.82, 2.24) is 14.5 Å². The molecule has 1 aromatic carbocycles. The molecule has 1 atom stereocenters. The van der Waals surface area contributed by atoms with Crippen LogP contribution in [0, 0.1) is 0 Å². The number of carbonyl (C=O) groups excluding carboxylic acids is 1. The number of ether oxygens (including phenoxy) is 1. The van der Waals surface area contributed by atoms with Crippen LogP contribution in [0.25, 0.3) is 11.0 Å². The van der Waals surface area contributed by atoms with Crippen LogP contribution in [-0.4, -0.2) is 46.2 Å². The Kier molecular flexibility index (Phi) is 5.03. The molecule has 0 radical (unpaired) electrons. The van der Waals surface area contributed by atoms with E-state index in [1.807, 2.05) is 0 Å². The van der Waals surface area contributed by atoms with E-state index in [0.29, 0.717) is 31.4 Å². The van der Waals surface area contributed by atoms with Crippen molar-refractivity contribution in [1.29, 1.82) is 0 Å². The zero-order valence-corrected chi connectivity index (χ0v) is 16.5. The Morgan fingerprint density at radius 1 is 1.11 bits per heavy atom. The number of imidazole rings is 1. The van der Waals surface area contributed by atoms with Crippen LogP contribution >= 0.6 is 15.9 Å². The second-order valence-electron chi connectivity index (χ2n) is 7.28. The first-order valence-electron chi connectivity index (χ1n) is 9.14. The van der Waals surface area contributed by atoms with E-state index in [1.54, 1.807) is 4.57 Å². The molecule has 2 fully saturated rings. The van der Waals surface area contributed by atoms with Crippen LogP contribution in [-0.2, 0) is 15.7 Å². The molecule has 2 saturated heterocycles. The van der Waals surface area contributed by atoms with Crippen LogP contribution in [0.1, 0.15) is 37.3 Å². The van der Waals surface area contributed by atoms with E-state index in [9.17, 15) is 22.8 Å². The van der Waals surface area contributed by atoms with Crippen molar-refractivity contribution in [3.05, 3.63) is 32.7 Å². The molecule has 2 aromatic rings. The van der Waals surface area contributed by atoms with Crippen LogP contribution < -0.4 is 5.69 Å². The van der Waals surface area contributed by atoms with Crippen LogP contribution in [0.15, 0.2) is 21.4 Å². The summed E-state index contributed by atoms with van der Waals surface area (Å²) >= 11 is 2.99. The molecule has 28 heavy (non-hydrogen) atoms. The van der Waals surface area contributed by atoms with Gasteiger partial charge in [0.15, 0.2) is 0 Å². The summed E-state index contributed by atoms with van der Waals surface area (Å²) in [5.41, 5.74) is -0.573. The highest BCUT2D eigenvalue weighted by molar-refractivity contribution is 9.10. The third-order valence-corrected chi connectivity index (χ3v) is 6.26. The molecule has 3 heterocycles. The predicted molar refractivity (Wildman–Crippen MR) is 99.1 cm³/mol. The maximum Gasteiger partial charge on any atom is 0.417 e. The molecule has 1 N–H and O–H groups in total. The quantitative estimate of drug-likeness (QED) is 0.695. The van der Waals surface area contributed by atoms with E-state index in [0.717, 1.165) is 25.6 Å². The third-order valence-electron chi connectivity index (χ3n) is 5.61. The molecule has 1 aromatic heterocycles. The summed E-state index contributed by atoms with van der Waals surface area (Å²) in [6.45, 7) is 1.88. The van der Waals surface area contributed by atoms with Gasteiger partial charge >= 0.3 is 17.8 Å². The Bertz CT molecular complexity index is 961. The van der Waals surface area contributed by atoms with Gasteiger partial charge in [0.05, 0.1) is 29.6 Å². The standard InChI is InChI=1S/C18H19BrF3N3O3/c19-13-9-15-14(8-12(13)18(20,21)22)23-17(27)25(15)10-1-4-24(5-2-10)11-3-6-28-16(26)7-11/h8-11H,1-7H2,(H,23,27). The number of likely N-dealkylation sites (tertiary alicyclic amines) is 1. The minimum atomic E-state index is -4.50. The van der Waals surface area contributed by atoms with E-state index in [4.69, 9.17) is 4.74 Å². The van der Waals surface area contributed by atoms with Gasteiger partial charge in [-0.25, -0.2) is 4.79 Å². The van der Waals surface area contributed by atoms with Crippen molar-refractivity contribution < 1.29 is 22.7 Å². The molecule has 10 heteroatoms. The number of rotatable bonds is 2. The fraction of sp³-hybridized carbons (Fsp3) is 0.556. The summed E-state index contributed by atoms with van der Waals surface area (Å²) in [4.78, 5) is 28.8. The summed E-state index contributed by atoms with van der Waals surface area (Å²) in [6.07, 6.45) is -1.94. The number of nitrogens with zero attached hydrogens (tertiary/aromatic N) is 2. The molecular formula is C18H19BrF3N3O3. The zero-order chi connectivity index (χ0) is 20.1. The Morgan fingerprint density at radius 2 is 1.82 bits per heavy atom. The Hall–Kier alpha value is -1.81. The SMILES string of the molecule is O=C1CC(N2CCC(n3c(=O)[nH]c4cc(C(F)(F)F)c(Br)cc43)CC2)CCO1. The minimum Gasteiger partial charge on any atom is -0.466 e. The van der Waals surface area contributed by atoms with Gasteiger partial charge in [0.2, 0.25) is 0 Å². The molecule has 2 aliphatic rings. The summed E-state index contributed by atoms with van der Waals surface area (Å²) < 4.78 is 45.8. The van der Waals surface area contributed by atoms with Crippen LogP contribution in [0.3, 0.4) is 0 Å². The van der Waals surface area contributed by atoms with Crippen molar-refractivity contribution >= 4 is 32.9 Å². The number of alkyl halides is 3. The number of carbonyl (C=O) groups is 1. The number of cyclic esters (lactones) is 1. The summed E-state index contributed by atoms with van der Waals surface area (Å²) in [7, 11) is 0. The lowest BCUT2D eigenvalue weighted by Crippen LogP contribution is -2.46. The topological polar surface area (TPSA) is 67.3 Å². The first-order chi connectivity index (χ1) is 13.2. The second kappa shape index (κ2) is 7.22. The average molecular weight is 462 g/mol. The van der Waals surface area contributed by atoms with E-state index in [1.165, 1.54) is 6.07 Å². The van der Waals surface area contributed by atoms with Crippen molar-refractivity contribution in [2.24, 2.45) is 0 Å². The van der Waals surface area contributed by atoms with Crippen LogP contribution in [0.4, 0.5) is 13.2 Å².